The van der Waals surface area contributed by atoms with E-state index in [9.17, 15) is 15.3 Å². The van der Waals surface area contributed by atoms with Crippen LogP contribution >= 0.6 is 11.6 Å². The van der Waals surface area contributed by atoms with Crippen molar-refractivity contribution in [2.24, 2.45) is 0 Å². The maximum Gasteiger partial charge on any atom is 0.151 e. The molecule has 0 radical (unpaired) electrons. The van der Waals surface area contributed by atoms with Crippen molar-refractivity contribution in [3.63, 3.8) is 0 Å². The summed E-state index contributed by atoms with van der Waals surface area (Å²) in [4.78, 5) is 3.87. The Hall–Kier alpha value is -1.45. The molecular formula is C12H15ClN4O4. The molecule has 0 saturated carbocycles. The van der Waals surface area contributed by atoms with E-state index < -0.39 is 30.5 Å². The standard InChI is InChI=1S/C12H15ClN4O4/c13-3-12(4-18)10(20)8(19)9(21-12)6-1-2-7-11(14)15-5-16-17(6)7/h1-2,5,8-10,18-20H,3-4H2,(H2,14,15,16)/t8-,9-,10-,12+/m0/s1. The average Bonchev–Trinajstić information content (AvgIpc) is 3.02. The molecule has 2 aromatic heterocycles. The number of aliphatic hydroxyl groups is 3. The number of rotatable bonds is 3. The lowest BCUT2D eigenvalue weighted by molar-refractivity contribution is -0.0978. The van der Waals surface area contributed by atoms with Gasteiger partial charge in [0, 0.05) is 0 Å². The zero-order valence-electron chi connectivity index (χ0n) is 10.9. The van der Waals surface area contributed by atoms with Crippen LogP contribution in [0.1, 0.15) is 11.8 Å². The van der Waals surface area contributed by atoms with Gasteiger partial charge < -0.3 is 25.8 Å². The lowest BCUT2D eigenvalue weighted by atomic mass is 9.97. The Morgan fingerprint density at radius 3 is 2.81 bits per heavy atom. The molecule has 9 heteroatoms. The van der Waals surface area contributed by atoms with E-state index in [1.54, 1.807) is 12.1 Å². The molecule has 2 aromatic rings. The number of aromatic nitrogens is 3. The Labute approximate surface area is 124 Å². The maximum atomic E-state index is 10.2. The van der Waals surface area contributed by atoms with E-state index in [4.69, 9.17) is 22.1 Å². The van der Waals surface area contributed by atoms with Crippen LogP contribution in [-0.4, -0.2) is 60.2 Å². The van der Waals surface area contributed by atoms with Crippen molar-refractivity contribution in [1.29, 1.82) is 0 Å². The van der Waals surface area contributed by atoms with Crippen LogP contribution in [0.5, 0.6) is 0 Å². The van der Waals surface area contributed by atoms with Gasteiger partial charge in [-0.05, 0) is 12.1 Å². The summed E-state index contributed by atoms with van der Waals surface area (Å²) in [6.07, 6.45) is -2.16. The highest BCUT2D eigenvalue weighted by atomic mass is 35.5. The Morgan fingerprint density at radius 2 is 2.19 bits per heavy atom. The first-order valence-electron chi connectivity index (χ1n) is 6.33. The summed E-state index contributed by atoms with van der Waals surface area (Å²) < 4.78 is 7.14. The molecule has 8 nitrogen and oxygen atoms in total. The zero-order chi connectivity index (χ0) is 15.2. The molecule has 4 atom stereocenters. The number of halogens is 1. The van der Waals surface area contributed by atoms with E-state index >= 15 is 0 Å². The van der Waals surface area contributed by atoms with E-state index in [1.165, 1.54) is 10.8 Å². The second kappa shape index (κ2) is 5.08. The lowest BCUT2D eigenvalue weighted by Gasteiger charge is -2.27. The summed E-state index contributed by atoms with van der Waals surface area (Å²) in [5.41, 5.74) is 5.39. The summed E-state index contributed by atoms with van der Waals surface area (Å²) in [6.45, 7) is -0.508. The second-order valence-electron chi connectivity index (χ2n) is 5.03. The number of fused-ring (bicyclic) bond motifs is 1. The molecule has 1 aliphatic rings. The fraction of sp³-hybridized carbons (Fsp3) is 0.500. The third-order valence-electron chi connectivity index (χ3n) is 3.83. The van der Waals surface area contributed by atoms with Gasteiger partial charge in [-0.2, -0.15) is 5.10 Å². The molecule has 0 amide bonds. The van der Waals surface area contributed by atoms with Crippen molar-refractivity contribution in [3.8, 4) is 0 Å². The molecule has 3 rings (SSSR count). The van der Waals surface area contributed by atoms with Gasteiger partial charge in [-0.15, -0.1) is 11.6 Å². The van der Waals surface area contributed by atoms with Crippen LogP contribution in [0.15, 0.2) is 18.5 Å². The molecule has 0 aliphatic carbocycles. The van der Waals surface area contributed by atoms with Crippen LogP contribution in [0.3, 0.4) is 0 Å². The van der Waals surface area contributed by atoms with Gasteiger partial charge in [0.25, 0.3) is 0 Å². The molecular weight excluding hydrogens is 300 g/mol. The minimum atomic E-state index is -1.41. The number of alkyl halides is 1. The highest BCUT2D eigenvalue weighted by Gasteiger charge is 2.54. The third-order valence-corrected chi connectivity index (χ3v) is 4.28. The fourth-order valence-electron chi connectivity index (χ4n) is 2.58. The van der Waals surface area contributed by atoms with E-state index in [-0.39, 0.29) is 11.7 Å². The average molecular weight is 315 g/mol. The number of hydrogen-bond donors (Lipinski definition) is 4. The Kier molecular flexibility index (Phi) is 3.50. The SMILES string of the molecule is Nc1ncnn2c([C@@H]3O[C@@](CO)(CCl)[C@@H](O)[C@H]3O)ccc12. The van der Waals surface area contributed by atoms with Gasteiger partial charge in [0.2, 0.25) is 0 Å². The highest BCUT2D eigenvalue weighted by Crippen LogP contribution is 2.41. The molecule has 0 aromatic carbocycles. The first kappa shape index (κ1) is 14.5. The predicted octanol–water partition coefficient (Wildman–Crippen LogP) is -0.925. The molecule has 1 saturated heterocycles. The lowest BCUT2D eigenvalue weighted by Crippen LogP contribution is -2.47. The van der Waals surface area contributed by atoms with E-state index in [0.29, 0.717) is 11.2 Å². The second-order valence-corrected chi connectivity index (χ2v) is 5.30. The van der Waals surface area contributed by atoms with Crippen molar-refractivity contribution in [3.05, 3.63) is 24.2 Å². The Balaban J connectivity index is 2.06. The number of aliphatic hydroxyl groups excluding tert-OH is 3. The largest absolute Gasteiger partial charge is 0.393 e. The molecule has 0 unspecified atom stereocenters. The zero-order valence-corrected chi connectivity index (χ0v) is 11.7. The third kappa shape index (κ3) is 1.99. The number of ether oxygens (including phenoxy) is 1. The van der Waals surface area contributed by atoms with E-state index in [2.05, 4.69) is 10.1 Å². The summed E-state index contributed by atoms with van der Waals surface area (Å²) in [6, 6.07) is 3.36. The highest BCUT2D eigenvalue weighted by molar-refractivity contribution is 6.18. The summed E-state index contributed by atoms with van der Waals surface area (Å²) in [5.74, 6) is 0.133. The topological polar surface area (TPSA) is 126 Å². The van der Waals surface area contributed by atoms with Gasteiger partial charge in [-0.3, -0.25) is 0 Å². The van der Waals surface area contributed by atoms with Gasteiger partial charge in [0.1, 0.15) is 35.8 Å². The number of hydrogen-bond acceptors (Lipinski definition) is 7. The molecule has 114 valence electrons. The van der Waals surface area contributed by atoms with Crippen molar-refractivity contribution in [2.75, 3.05) is 18.2 Å². The normalized spacial score (nSPS) is 32.9. The summed E-state index contributed by atoms with van der Waals surface area (Å²) in [5, 5.41) is 33.8. The van der Waals surface area contributed by atoms with Crippen molar-refractivity contribution >= 4 is 22.9 Å². The minimum Gasteiger partial charge on any atom is -0.393 e. The van der Waals surface area contributed by atoms with Crippen molar-refractivity contribution in [2.45, 2.75) is 23.9 Å². The maximum absolute atomic E-state index is 10.2. The molecule has 0 bridgehead atoms. The smallest absolute Gasteiger partial charge is 0.151 e. The van der Waals surface area contributed by atoms with Crippen LogP contribution < -0.4 is 5.73 Å². The van der Waals surface area contributed by atoms with Gasteiger partial charge in [-0.1, -0.05) is 0 Å². The van der Waals surface area contributed by atoms with E-state index in [1.807, 2.05) is 0 Å². The number of nitrogens with two attached hydrogens (primary N) is 1. The minimum absolute atomic E-state index is 0.154. The quantitative estimate of drug-likeness (QED) is 0.539. The first-order chi connectivity index (χ1) is 10.0. The molecule has 1 aliphatic heterocycles. The number of nitrogen functional groups attached to an aromatic ring is 1. The molecule has 3 heterocycles. The number of nitrogens with zero attached hydrogens (tertiary/aromatic N) is 3. The fourth-order valence-corrected chi connectivity index (χ4v) is 2.88. The summed E-state index contributed by atoms with van der Waals surface area (Å²) >= 11 is 5.79. The van der Waals surface area contributed by atoms with Crippen LogP contribution in [0.2, 0.25) is 0 Å². The Bertz CT molecular complexity index is 660. The van der Waals surface area contributed by atoms with Gasteiger partial charge >= 0.3 is 0 Å². The van der Waals surface area contributed by atoms with Crippen LogP contribution in [0.25, 0.3) is 5.52 Å². The Morgan fingerprint density at radius 1 is 1.43 bits per heavy atom. The monoisotopic (exact) mass is 314 g/mol. The molecule has 21 heavy (non-hydrogen) atoms. The summed E-state index contributed by atoms with van der Waals surface area (Å²) in [7, 11) is 0. The van der Waals surface area contributed by atoms with Gasteiger partial charge in [0.15, 0.2) is 5.82 Å². The van der Waals surface area contributed by atoms with Crippen LogP contribution in [0.4, 0.5) is 5.82 Å². The van der Waals surface area contributed by atoms with E-state index in [0.717, 1.165) is 0 Å². The van der Waals surface area contributed by atoms with Crippen LogP contribution in [-0.2, 0) is 4.74 Å². The van der Waals surface area contributed by atoms with Gasteiger partial charge in [-0.25, -0.2) is 9.50 Å². The molecule has 0 spiro atoms. The predicted molar refractivity (Wildman–Crippen MR) is 73.8 cm³/mol. The number of anilines is 1. The van der Waals surface area contributed by atoms with Crippen LogP contribution in [0, 0.1) is 0 Å². The van der Waals surface area contributed by atoms with Gasteiger partial charge in [0.05, 0.1) is 18.2 Å². The van der Waals surface area contributed by atoms with Crippen molar-refractivity contribution < 1.29 is 20.1 Å². The molecule has 1 fully saturated rings. The van der Waals surface area contributed by atoms with Crippen molar-refractivity contribution in [1.82, 2.24) is 14.6 Å². The first-order valence-corrected chi connectivity index (χ1v) is 6.86. The molecule has 5 N–H and O–H groups in total.